The van der Waals surface area contributed by atoms with Crippen molar-refractivity contribution in [3.05, 3.63) is 66.0 Å². The number of aromatic nitrogens is 1. The van der Waals surface area contributed by atoms with Crippen molar-refractivity contribution in [2.75, 3.05) is 13.2 Å². The van der Waals surface area contributed by atoms with Gasteiger partial charge >= 0.3 is 0 Å². The zero-order valence-electron chi connectivity index (χ0n) is 10.8. The van der Waals surface area contributed by atoms with Gasteiger partial charge in [0.15, 0.2) is 0 Å². The molecule has 0 radical (unpaired) electrons. The minimum absolute atomic E-state index is 0.364. The second kappa shape index (κ2) is 6.54. The van der Waals surface area contributed by atoms with Crippen LogP contribution in [0.2, 0.25) is 0 Å². The highest BCUT2D eigenvalue weighted by Gasteiger charge is 2.29. The van der Waals surface area contributed by atoms with E-state index in [1.807, 2.05) is 30.3 Å². The molecule has 2 aromatic rings. The van der Waals surface area contributed by atoms with Gasteiger partial charge in [-0.3, -0.25) is 4.98 Å². The lowest BCUT2D eigenvalue weighted by atomic mass is 9.99. The highest BCUT2D eigenvalue weighted by atomic mass is 19.3. The van der Waals surface area contributed by atoms with E-state index >= 15 is 0 Å². The lowest BCUT2D eigenvalue weighted by Gasteiger charge is -2.22. The molecule has 106 valence electrons. The SMILES string of the molecule is OCC(F)(F)CNC(c1ccccc1)c1ccncc1. The van der Waals surface area contributed by atoms with Gasteiger partial charge < -0.3 is 10.4 Å². The number of nitrogens with zero attached hydrogens (tertiary/aromatic N) is 1. The van der Waals surface area contributed by atoms with Crippen molar-refractivity contribution < 1.29 is 13.9 Å². The first-order valence-corrected chi connectivity index (χ1v) is 6.29. The molecule has 0 bridgehead atoms. The smallest absolute Gasteiger partial charge is 0.282 e. The molecule has 0 spiro atoms. The first-order valence-electron chi connectivity index (χ1n) is 6.29. The Bertz CT molecular complexity index is 480. The van der Waals surface area contributed by atoms with Crippen molar-refractivity contribution in [1.82, 2.24) is 10.3 Å². The number of hydrogen-bond donors (Lipinski definition) is 2. The van der Waals surface area contributed by atoms with Gasteiger partial charge in [0.25, 0.3) is 5.92 Å². The Labute approximate surface area is 116 Å². The molecule has 0 saturated heterocycles. The van der Waals surface area contributed by atoms with E-state index in [4.69, 9.17) is 5.11 Å². The lowest BCUT2D eigenvalue weighted by Crippen LogP contribution is -2.38. The van der Waals surface area contributed by atoms with Crippen LogP contribution in [-0.4, -0.2) is 29.2 Å². The Morgan fingerprint density at radius 2 is 1.65 bits per heavy atom. The molecule has 2 rings (SSSR count). The second-order valence-corrected chi connectivity index (χ2v) is 4.52. The Morgan fingerprint density at radius 1 is 1.05 bits per heavy atom. The standard InChI is InChI=1S/C15H16F2N2O/c16-15(17,11-20)10-19-14(12-4-2-1-3-5-12)13-6-8-18-9-7-13/h1-9,14,19-20H,10-11H2. The number of benzene rings is 1. The van der Waals surface area contributed by atoms with Crippen LogP contribution in [0.4, 0.5) is 8.78 Å². The summed E-state index contributed by atoms with van der Waals surface area (Å²) in [4.78, 5) is 3.93. The van der Waals surface area contributed by atoms with E-state index < -0.39 is 19.1 Å². The first kappa shape index (κ1) is 14.6. The van der Waals surface area contributed by atoms with Crippen LogP contribution in [0.3, 0.4) is 0 Å². The molecule has 0 fully saturated rings. The average Bonchev–Trinajstić information content (AvgIpc) is 2.49. The zero-order chi connectivity index (χ0) is 14.4. The summed E-state index contributed by atoms with van der Waals surface area (Å²) in [7, 11) is 0. The van der Waals surface area contributed by atoms with Gasteiger partial charge in [-0.2, -0.15) is 0 Å². The van der Waals surface area contributed by atoms with Crippen LogP contribution in [0.5, 0.6) is 0 Å². The minimum Gasteiger partial charge on any atom is -0.390 e. The predicted octanol–water partition coefficient (Wildman–Crippen LogP) is 2.39. The fourth-order valence-electron chi connectivity index (χ4n) is 1.94. The maximum absolute atomic E-state index is 13.2. The molecular formula is C15H16F2N2O. The van der Waals surface area contributed by atoms with Gasteiger partial charge in [-0.1, -0.05) is 30.3 Å². The molecule has 0 aliphatic rings. The quantitative estimate of drug-likeness (QED) is 0.853. The molecule has 1 aromatic carbocycles. The van der Waals surface area contributed by atoms with E-state index in [0.29, 0.717) is 0 Å². The molecule has 20 heavy (non-hydrogen) atoms. The van der Waals surface area contributed by atoms with Gasteiger partial charge in [0.1, 0.15) is 6.61 Å². The fraction of sp³-hybridized carbons (Fsp3) is 0.267. The van der Waals surface area contributed by atoms with Crippen LogP contribution in [0.25, 0.3) is 0 Å². The van der Waals surface area contributed by atoms with E-state index in [9.17, 15) is 8.78 Å². The van der Waals surface area contributed by atoms with Crippen molar-refractivity contribution in [2.24, 2.45) is 0 Å². The molecule has 2 N–H and O–H groups in total. The zero-order valence-corrected chi connectivity index (χ0v) is 10.8. The molecule has 1 heterocycles. The average molecular weight is 278 g/mol. The first-order chi connectivity index (χ1) is 9.62. The van der Waals surface area contributed by atoms with Crippen LogP contribution in [0, 0.1) is 0 Å². The van der Waals surface area contributed by atoms with Crippen LogP contribution in [-0.2, 0) is 0 Å². The summed E-state index contributed by atoms with van der Waals surface area (Å²) >= 11 is 0. The van der Waals surface area contributed by atoms with Crippen molar-refractivity contribution in [3.63, 3.8) is 0 Å². The normalized spacial score (nSPS) is 13.2. The van der Waals surface area contributed by atoms with Crippen LogP contribution < -0.4 is 5.32 Å². The highest BCUT2D eigenvalue weighted by molar-refractivity contribution is 5.30. The summed E-state index contributed by atoms with van der Waals surface area (Å²) in [6.07, 6.45) is 3.24. The molecule has 0 saturated carbocycles. The van der Waals surface area contributed by atoms with Crippen molar-refractivity contribution in [1.29, 1.82) is 0 Å². The fourth-order valence-corrected chi connectivity index (χ4v) is 1.94. The van der Waals surface area contributed by atoms with Gasteiger partial charge in [-0.05, 0) is 23.3 Å². The van der Waals surface area contributed by atoms with Gasteiger partial charge in [-0.25, -0.2) is 8.78 Å². The molecular weight excluding hydrogens is 262 g/mol. The topological polar surface area (TPSA) is 45.1 Å². The Kier molecular flexibility index (Phi) is 4.76. The monoisotopic (exact) mass is 278 g/mol. The maximum Gasteiger partial charge on any atom is 0.282 e. The molecule has 1 aromatic heterocycles. The van der Waals surface area contributed by atoms with Crippen molar-refractivity contribution in [2.45, 2.75) is 12.0 Å². The molecule has 0 aliphatic heterocycles. The number of alkyl halides is 2. The van der Waals surface area contributed by atoms with Crippen LogP contribution in [0.1, 0.15) is 17.2 Å². The second-order valence-electron chi connectivity index (χ2n) is 4.52. The lowest BCUT2D eigenvalue weighted by molar-refractivity contribution is -0.0487. The molecule has 1 atom stereocenters. The number of nitrogens with one attached hydrogen (secondary N) is 1. The Balaban J connectivity index is 2.22. The summed E-state index contributed by atoms with van der Waals surface area (Å²) < 4.78 is 26.4. The summed E-state index contributed by atoms with van der Waals surface area (Å²) in [5.74, 6) is -3.14. The van der Waals surface area contributed by atoms with E-state index in [0.717, 1.165) is 11.1 Å². The summed E-state index contributed by atoms with van der Waals surface area (Å²) in [5, 5.41) is 11.5. The van der Waals surface area contributed by atoms with E-state index in [1.54, 1.807) is 24.5 Å². The number of halogens is 2. The van der Waals surface area contributed by atoms with Gasteiger partial charge in [0.2, 0.25) is 0 Å². The van der Waals surface area contributed by atoms with Crippen LogP contribution in [0.15, 0.2) is 54.9 Å². The minimum atomic E-state index is -3.14. The number of pyridine rings is 1. The molecule has 0 aliphatic carbocycles. The highest BCUT2D eigenvalue weighted by Crippen LogP contribution is 2.22. The number of hydrogen-bond acceptors (Lipinski definition) is 3. The van der Waals surface area contributed by atoms with E-state index in [1.165, 1.54) is 0 Å². The van der Waals surface area contributed by atoms with Gasteiger partial charge in [0, 0.05) is 12.4 Å². The van der Waals surface area contributed by atoms with Gasteiger partial charge in [0.05, 0.1) is 12.6 Å². The number of aliphatic hydroxyl groups excluding tert-OH is 1. The Morgan fingerprint density at radius 3 is 2.25 bits per heavy atom. The van der Waals surface area contributed by atoms with E-state index in [-0.39, 0.29) is 6.04 Å². The number of rotatable bonds is 6. The summed E-state index contributed by atoms with van der Waals surface area (Å²) in [5.41, 5.74) is 1.73. The van der Waals surface area contributed by atoms with Crippen LogP contribution >= 0.6 is 0 Å². The van der Waals surface area contributed by atoms with Crippen molar-refractivity contribution in [3.8, 4) is 0 Å². The van der Waals surface area contributed by atoms with Gasteiger partial charge in [-0.15, -0.1) is 0 Å². The van der Waals surface area contributed by atoms with E-state index in [2.05, 4.69) is 10.3 Å². The molecule has 0 amide bonds. The predicted molar refractivity (Wildman–Crippen MR) is 72.6 cm³/mol. The summed E-state index contributed by atoms with van der Waals surface area (Å²) in [6.45, 7) is -1.76. The number of aliphatic hydroxyl groups is 1. The third-order valence-electron chi connectivity index (χ3n) is 2.97. The summed E-state index contributed by atoms with van der Waals surface area (Å²) in [6, 6.07) is 12.5. The molecule has 5 heteroatoms. The third kappa shape index (κ3) is 3.82. The Hall–Kier alpha value is -1.85. The molecule has 3 nitrogen and oxygen atoms in total. The largest absolute Gasteiger partial charge is 0.390 e. The molecule has 1 unspecified atom stereocenters. The maximum atomic E-state index is 13.2. The van der Waals surface area contributed by atoms with Crippen molar-refractivity contribution >= 4 is 0 Å². The third-order valence-corrected chi connectivity index (χ3v) is 2.97.